The van der Waals surface area contributed by atoms with Crippen LogP contribution in [0.2, 0.25) is 0 Å². The van der Waals surface area contributed by atoms with Gasteiger partial charge in [-0.1, -0.05) is 29.4 Å². The molecule has 1 aliphatic rings. The van der Waals surface area contributed by atoms with Gasteiger partial charge >= 0.3 is 0 Å². The molecule has 1 aromatic heterocycles. The number of nitrogens with zero attached hydrogens (tertiary/aromatic N) is 4. The predicted molar refractivity (Wildman–Crippen MR) is 74.7 cm³/mol. The zero-order valence-electron chi connectivity index (χ0n) is 11.1. The summed E-state index contributed by atoms with van der Waals surface area (Å²) >= 11 is 0. The van der Waals surface area contributed by atoms with Gasteiger partial charge in [0.15, 0.2) is 0 Å². The van der Waals surface area contributed by atoms with Gasteiger partial charge in [0, 0.05) is 12.5 Å². The number of aromatic nitrogens is 3. The number of rotatable bonds is 3. The number of nitrogens with two attached hydrogens (primary N) is 1. The fraction of sp³-hybridized carbons (Fsp3) is 0.357. The second-order valence-electron chi connectivity index (χ2n) is 5.06. The standard InChI is InChI=1S/C14H17N5O/c15-13(18-20)14-16-9-19(17-14)8-11-6-3-5-10-4-1-2-7-12(10)11/h1-2,4,7,9,11,20H,3,5-6,8H2,(H2,15,18). The van der Waals surface area contributed by atoms with Gasteiger partial charge in [0.25, 0.3) is 0 Å². The molecule has 0 aliphatic heterocycles. The van der Waals surface area contributed by atoms with Crippen LogP contribution in [0.4, 0.5) is 0 Å². The van der Waals surface area contributed by atoms with Crippen molar-refractivity contribution < 1.29 is 5.21 Å². The summed E-state index contributed by atoms with van der Waals surface area (Å²) in [6.07, 6.45) is 5.13. The van der Waals surface area contributed by atoms with Crippen molar-refractivity contribution in [1.29, 1.82) is 0 Å². The van der Waals surface area contributed by atoms with Gasteiger partial charge < -0.3 is 10.9 Å². The molecule has 0 bridgehead atoms. The van der Waals surface area contributed by atoms with Crippen molar-refractivity contribution in [1.82, 2.24) is 14.8 Å². The molecule has 0 saturated carbocycles. The Hall–Kier alpha value is -2.37. The zero-order valence-corrected chi connectivity index (χ0v) is 11.1. The lowest BCUT2D eigenvalue weighted by atomic mass is 9.83. The lowest BCUT2D eigenvalue weighted by molar-refractivity contribution is 0.318. The molecule has 1 aromatic carbocycles. The van der Waals surface area contributed by atoms with E-state index in [1.54, 1.807) is 11.0 Å². The Balaban J connectivity index is 1.81. The van der Waals surface area contributed by atoms with Crippen LogP contribution in [0, 0.1) is 0 Å². The van der Waals surface area contributed by atoms with Gasteiger partial charge in [-0.25, -0.2) is 4.98 Å². The molecule has 1 atom stereocenters. The number of aryl methyl sites for hydroxylation is 1. The number of oxime groups is 1. The maximum atomic E-state index is 8.62. The molecule has 0 radical (unpaired) electrons. The predicted octanol–water partition coefficient (Wildman–Crippen LogP) is 1.49. The number of hydrogen-bond acceptors (Lipinski definition) is 4. The minimum Gasteiger partial charge on any atom is -0.409 e. The molecule has 3 N–H and O–H groups in total. The average Bonchev–Trinajstić information content (AvgIpc) is 2.95. The number of hydrogen-bond donors (Lipinski definition) is 2. The quantitative estimate of drug-likeness (QED) is 0.383. The van der Waals surface area contributed by atoms with Gasteiger partial charge in [0.2, 0.25) is 11.7 Å². The van der Waals surface area contributed by atoms with E-state index in [4.69, 9.17) is 10.9 Å². The second-order valence-corrected chi connectivity index (χ2v) is 5.06. The molecule has 6 nitrogen and oxygen atoms in total. The van der Waals surface area contributed by atoms with Gasteiger partial charge in [0.1, 0.15) is 6.33 Å². The summed E-state index contributed by atoms with van der Waals surface area (Å²) in [5.41, 5.74) is 8.31. The van der Waals surface area contributed by atoms with E-state index in [-0.39, 0.29) is 11.7 Å². The summed E-state index contributed by atoms with van der Waals surface area (Å²) < 4.78 is 1.76. The van der Waals surface area contributed by atoms with Crippen molar-refractivity contribution >= 4 is 5.84 Å². The van der Waals surface area contributed by atoms with Gasteiger partial charge in [-0.2, -0.15) is 0 Å². The molecule has 104 valence electrons. The number of benzene rings is 1. The maximum absolute atomic E-state index is 8.62. The molecular formula is C14H17N5O. The molecule has 6 heteroatoms. The average molecular weight is 271 g/mol. The highest BCUT2D eigenvalue weighted by atomic mass is 16.4. The fourth-order valence-electron chi connectivity index (χ4n) is 2.81. The van der Waals surface area contributed by atoms with Crippen molar-refractivity contribution in [3.8, 4) is 0 Å². The van der Waals surface area contributed by atoms with Crippen molar-refractivity contribution in [3.05, 3.63) is 47.5 Å². The van der Waals surface area contributed by atoms with Crippen molar-refractivity contribution in [2.45, 2.75) is 31.7 Å². The smallest absolute Gasteiger partial charge is 0.219 e. The Kier molecular flexibility index (Phi) is 3.37. The Morgan fingerprint density at radius 2 is 2.30 bits per heavy atom. The third kappa shape index (κ3) is 2.36. The van der Waals surface area contributed by atoms with Crippen molar-refractivity contribution in [2.24, 2.45) is 10.9 Å². The minimum absolute atomic E-state index is 0.0622. The van der Waals surface area contributed by atoms with E-state index in [9.17, 15) is 0 Å². The summed E-state index contributed by atoms with van der Waals surface area (Å²) in [6, 6.07) is 8.57. The van der Waals surface area contributed by atoms with Crippen LogP contribution in [0.25, 0.3) is 0 Å². The first-order valence-corrected chi connectivity index (χ1v) is 6.73. The highest BCUT2D eigenvalue weighted by Crippen LogP contribution is 2.32. The number of fused-ring (bicyclic) bond motifs is 1. The van der Waals surface area contributed by atoms with Crippen LogP contribution >= 0.6 is 0 Å². The Morgan fingerprint density at radius 1 is 1.45 bits per heavy atom. The molecule has 1 heterocycles. The maximum Gasteiger partial charge on any atom is 0.219 e. The van der Waals surface area contributed by atoms with Crippen LogP contribution in [0.3, 0.4) is 0 Å². The Bertz CT molecular complexity index is 634. The summed E-state index contributed by atoms with van der Waals surface area (Å²) in [6.45, 7) is 0.767. The van der Waals surface area contributed by atoms with E-state index in [0.717, 1.165) is 19.4 Å². The first-order chi connectivity index (χ1) is 9.78. The second kappa shape index (κ2) is 5.32. The van der Waals surface area contributed by atoms with Crippen LogP contribution in [0.5, 0.6) is 0 Å². The normalized spacial score (nSPS) is 18.8. The van der Waals surface area contributed by atoms with Crippen LogP contribution in [-0.4, -0.2) is 25.8 Å². The molecule has 0 saturated heterocycles. The molecule has 20 heavy (non-hydrogen) atoms. The van der Waals surface area contributed by atoms with Gasteiger partial charge in [-0.15, -0.1) is 5.10 Å². The van der Waals surface area contributed by atoms with Crippen LogP contribution in [0.15, 0.2) is 35.7 Å². The highest BCUT2D eigenvalue weighted by Gasteiger charge is 2.20. The molecule has 0 fully saturated rings. The molecule has 1 unspecified atom stereocenters. The summed E-state index contributed by atoms with van der Waals surface area (Å²) in [5.74, 6) is 0.645. The van der Waals surface area contributed by atoms with Crippen molar-refractivity contribution in [2.75, 3.05) is 0 Å². The summed E-state index contributed by atoms with van der Waals surface area (Å²) in [5, 5.41) is 15.8. The van der Waals surface area contributed by atoms with E-state index in [0.29, 0.717) is 5.92 Å². The Morgan fingerprint density at radius 3 is 3.15 bits per heavy atom. The van der Waals surface area contributed by atoms with E-state index in [1.807, 2.05) is 0 Å². The molecule has 1 aliphatic carbocycles. The van der Waals surface area contributed by atoms with Crippen molar-refractivity contribution in [3.63, 3.8) is 0 Å². The first kappa shape index (κ1) is 12.7. The molecule has 3 rings (SSSR count). The van der Waals surface area contributed by atoms with E-state index in [1.165, 1.54) is 17.5 Å². The third-order valence-electron chi connectivity index (χ3n) is 3.77. The highest BCUT2D eigenvalue weighted by molar-refractivity contribution is 5.93. The summed E-state index contributed by atoms with van der Waals surface area (Å²) in [4.78, 5) is 4.04. The lowest BCUT2D eigenvalue weighted by Gasteiger charge is -2.25. The number of amidine groups is 1. The molecule has 0 amide bonds. The fourth-order valence-corrected chi connectivity index (χ4v) is 2.81. The first-order valence-electron chi connectivity index (χ1n) is 6.73. The minimum atomic E-state index is -0.0622. The third-order valence-corrected chi connectivity index (χ3v) is 3.77. The molecular weight excluding hydrogens is 254 g/mol. The zero-order chi connectivity index (χ0) is 13.9. The topological polar surface area (TPSA) is 89.3 Å². The SMILES string of the molecule is NC(=NO)c1ncn(CC2CCCc3ccccc32)n1. The summed E-state index contributed by atoms with van der Waals surface area (Å²) in [7, 11) is 0. The monoisotopic (exact) mass is 271 g/mol. The van der Waals surface area contributed by atoms with Crippen LogP contribution < -0.4 is 5.73 Å². The largest absolute Gasteiger partial charge is 0.409 e. The van der Waals surface area contributed by atoms with Gasteiger partial charge in [-0.3, -0.25) is 4.68 Å². The Labute approximate surface area is 116 Å². The van der Waals surface area contributed by atoms with Crippen LogP contribution in [0.1, 0.15) is 35.7 Å². The van der Waals surface area contributed by atoms with Crippen LogP contribution in [-0.2, 0) is 13.0 Å². The molecule has 2 aromatic rings. The van der Waals surface area contributed by atoms with Gasteiger partial charge in [0.05, 0.1) is 0 Å². The van der Waals surface area contributed by atoms with Gasteiger partial charge in [-0.05, 0) is 30.4 Å². The molecule has 0 spiro atoms. The van der Waals surface area contributed by atoms with E-state index < -0.39 is 0 Å². The lowest BCUT2D eigenvalue weighted by Crippen LogP contribution is -2.18. The van der Waals surface area contributed by atoms with E-state index in [2.05, 4.69) is 39.5 Å². The van der Waals surface area contributed by atoms with E-state index >= 15 is 0 Å².